The maximum Gasteiger partial charge on any atom is 0.272 e. The van der Waals surface area contributed by atoms with Gasteiger partial charge in [-0.1, -0.05) is 12.1 Å². The summed E-state index contributed by atoms with van der Waals surface area (Å²) in [5.41, 5.74) is 1.54. The first-order valence-corrected chi connectivity index (χ1v) is 4.14. The topological polar surface area (TPSA) is 63.4 Å². The SMILES string of the molecule is O=[N+]([O-])c1cccc2c1CC[C@H]2O. The first-order valence-electron chi connectivity index (χ1n) is 4.14. The van der Waals surface area contributed by atoms with Gasteiger partial charge in [0.1, 0.15) is 0 Å². The molecule has 1 aromatic rings. The Kier molecular flexibility index (Phi) is 1.77. The molecule has 0 amide bonds. The van der Waals surface area contributed by atoms with Crippen molar-refractivity contribution in [3.8, 4) is 0 Å². The average Bonchev–Trinajstić information content (AvgIpc) is 2.48. The fraction of sp³-hybridized carbons (Fsp3) is 0.333. The predicted octanol–water partition coefficient (Wildman–Crippen LogP) is 1.57. The Morgan fingerprint density at radius 3 is 3.00 bits per heavy atom. The standard InChI is InChI=1S/C9H9NO3/c11-9-5-4-6-7(9)2-1-3-8(6)10(12)13/h1-3,9,11H,4-5H2/t9-/m1/s1. The molecule has 0 bridgehead atoms. The monoisotopic (exact) mass is 179 g/mol. The summed E-state index contributed by atoms with van der Waals surface area (Å²) in [6, 6.07) is 4.85. The molecule has 1 N–H and O–H groups in total. The molecule has 1 aromatic carbocycles. The molecule has 0 saturated carbocycles. The molecule has 0 radical (unpaired) electrons. The van der Waals surface area contributed by atoms with E-state index in [4.69, 9.17) is 0 Å². The number of nitro benzene ring substituents is 1. The van der Waals surface area contributed by atoms with Gasteiger partial charge in [-0.3, -0.25) is 10.1 Å². The summed E-state index contributed by atoms with van der Waals surface area (Å²) in [4.78, 5) is 10.2. The molecular weight excluding hydrogens is 170 g/mol. The van der Waals surface area contributed by atoms with Gasteiger partial charge in [-0.2, -0.15) is 0 Å². The molecule has 4 heteroatoms. The minimum absolute atomic E-state index is 0.133. The summed E-state index contributed by atoms with van der Waals surface area (Å²) >= 11 is 0. The number of benzene rings is 1. The maximum absolute atomic E-state index is 10.6. The molecule has 1 atom stereocenters. The summed E-state index contributed by atoms with van der Waals surface area (Å²) in [7, 11) is 0. The van der Waals surface area contributed by atoms with Crippen molar-refractivity contribution in [1.82, 2.24) is 0 Å². The third-order valence-corrected chi connectivity index (χ3v) is 2.41. The van der Waals surface area contributed by atoms with Gasteiger partial charge in [-0.25, -0.2) is 0 Å². The van der Waals surface area contributed by atoms with E-state index >= 15 is 0 Å². The van der Waals surface area contributed by atoms with Crippen LogP contribution in [0.25, 0.3) is 0 Å². The zero-order valence-electron chi connectivity index (χ0n) is 6.93. The van der Waals surface area contributed by atoms with Crippen molar-refractivity contribution in [2.75, 3.05) is 0 Å². The van der Waals surface area contributed by atoms with Crippen LogP contribution in [-0.4, -0.2) is 10.0 Å². The molecule has 0 saturated heterocycles. The summed E-state index contributed by atoms with van der Waals surface area (Å²) in [5, 5.41) is 20.1. The second-order valence-corrected chi connectivity index (χ2v) is 3.16. The largest absolute Gasteiger partial charge is 0.388 e. The van der Waals surface area contributed by atoms with E-state index in [9.17, 15) is 15.2 Å². The second kappa shape index (κ2) is 2.81. The van der Waals surface area contributed by atoms with Gasteiger partial charge in [0.15, 0.2) is 0 Å². The van der Waals surface area contributed by atoms with Crippen molar-refractivity contribution in [2.45, 2.75) is 18.9 Å². The first-order chi connectivity index (χ1) is 6.20. The number of hydrogen-bond donors (Lipinski definition) is 1. The zero-order valence-corrected chi connectivity index (χ0v) is 6.93. The number of nitrogens with zero attached hydrogens (tertiary/aromatic N) is 1. The third kappa shape index (κ3) is 1.19. The van der Waals surface area contributed by atoms with E-state index in [0.29, 0.717) is 24.0 Å². The highest BCUT2D eigenvalue weighted by atomic mass is 16.6. The molecule has 0 spiro atoms. The minimum atomic E-state index is -0.519. The first kappa shape index (κ1) is 8.19. The van der Waals surface area contributed by atoms with E-state index in [-0.39, 0.29) is 5.69 Å². The lowest BCUT2D eigenvalue weighted by Gasteiger charge is -2.02. The lowest BCUT2D eigenvalue weighted by molar-refractivity contribution is -0.385. The molecule has 1 aliphatic carbocycles. The van der Waals surface area contributed by atoms with Crippen molar-refractivity contribution in [2.24, 2.45) is 0 Å². The number of rotatable bonds is 1. The molecule has 0 aromatic heterocycles. The Labute approximate surface area is 75.0 Å². The van der Waals surface area contributed by atoms with Crippen LogP contribution in [0.5, 0.6) is 0 Å². The second-order valence-electron chi connectivity index (χ2n) is 3.16. The highest BCUT2D eigenvalue weighted by molar-refractivity contribution is 5.48. The number of fused-ring (bicyclic) bond motifs is 1. The van der Waals surface area contributed by atoms with E-state index < -0.39 is 11.0 Å². The number of hydrogen-bond acceptors (Lipinski definition) is 3. The number of aliphatic hydroxyl groups is 1. The van der Waals surface area contributed by atoms with Crippen LogP contribution in [0.3, 0.4) is 0 Å². The van der Waals surface area contributed by atoms with Gasteiger partial charge < -0.3 is 5.11 Å². The smallest absolute Gasteiger partial charge is 0.272 e. The van der Waals surface area contributed by atoms with E-state index in [2.05, 4.69) is 0 Å². The highest BCUT2D eigenvalue weighted by Crippen LogP contribution is 2.36. The normalized spacial score (nSPS) is 19.9. The van der Waals surface area contributed by atoms with Crippen LogP contribution in [0.15, 0.2) is 18.2 Å². The minimum Gasteiger partial charge on any atom is -0.388 e. The maximum atomic E-state index is 10.6. The van der Waals surface area contributed by atoms with E-state index in [1.54, 1.807) is 12.1 Å². The van der Waals surface area contributed by atoms with Crippen LogP contribution < -0.4 is 0 Å². The number of aliphatic hydroxyl groups excluding tert-OH is 1. The van der Waals surface area contributed by atoms with Crippen LogP contribution in [0.1, 0.15) is 23.7 Å². The Morgan fingerprint density at radius 1 is 1.54 bits per heavy atom. The fourth-order valence-electron chi connectivity index (χ4n) is 1.78. The summed E-state index contributed by atoms with van der Waals surface area (Å²) < 4.78 is 0. The van der Waals surface area contributed by atoms with Crippen molar-refractivity contribution in [3.05, 3.63) is 39.4 Å². The molecule has 4 nitrogen and oxygen atoms in total. The van der Waals surface area contributed by atoms with Crippen LogP contribution in [0.2, 0.25) is 0 Å². The third-order valence-electron chi connectivity index (χ3n) is 2.41. The lowest BCUT2D eigenvalue weighted by atomic mass is 10.1. The van der Waals surface area contributed by atoms with Gasteiger partial charge in [0.2, 0.25) is 0 Å². The Hall–Kier alpha value is -1.42. The molecule has 13 heavy (non-hydrogen) atoms. The molecule has 2 rings (SSSR count). The number of nitro groups is 1. The predicted molar refractivity (Wildman–Crippen MR) is 46.4 cm³/mol. The van der Waals surface area contributed by atoms with Crippen LogP contribution in [-0.2, 0) is 6.42 Å². The molecule has 0 fully saturated rings. The Balaban J connectivity index is 2.57. The van der Waals surface area contributed by atoms with Gasteiger partial charge in [-0.05, 0) is 18.4 Å². The van der Waals surface area contributed by atoms with Crippen molar-refractivity contribution >= 4 is 5.69 Å². The van der Waals surface area contributed by atoms with Crippen molar-refractivity contribution < 1.29 is 10.0 Å². The summed E-state index contributed by atoms with van der Waals surface area (Å²) in [6.07, 6.45) is 0.684. The van der Waals surface area contributed by atoms with Gasteiger partial charge in [0.25, 0.3) is 5.69 Å². The molecule has 68 valence electrons. The van der Waals surface area contributed by atoms with Crippen LogP contribution >= 0.6 is 0 Å². The lowest BCUT2D eigenvalue weighted by Crippen LogP contribution is -1.95. The highest BCUT2D eigenvalue weighted by Gasteiger charge is 2.26. The molecule has 0 heterocycles. The van der Waals surface area contributed by atoms with Gasteiger partial charge in [0.05, 0.1) is 11.0 Å². The van der Waals surface area contributed by atoms with Gasteiger partial charge in [-0.15, -0.1) is 0 Å². The van der Waals surface area contributed by atoms with E-state index in [0.717, 1.165) is 0 Å². The van der Waals surface area contributed by atoms with Crippen LogP contribution in [0.4, 0.5) is 5.69 Å². The average molecular weight is 179 g/mol. The summed E-state index contributed by atoms with van der Waals surface area (Å²) in [6.45, 7) is 0. The summed E-state index contributed by atoms with van der Waals surface area (Å²) in [5.74, 6) is 0. The quantitative estimate of drug-likeness (QED) is 0.525. The van der Waals surface area contributed by atoms with E-state index in [1.165, 1.54) is 6.07 Å². The molecule has 0 unspecified atom stereocenters. The van der Waals surface area contributed by atoms with Crippen LogP contribution in [0, 0.1) is 10.1 Å². The fourth-order valence-corrected chi connectivity index (χ4v) is 1.78. The molecule has 1 aliphatic rings. The Bertz CT molecular complexity index is 362. The zero-order chi connectivity index (χ0) is 9.42. The van der Waals surface area contributed by atoms with Crippen molar-refractivity contribution in [3.63, 3.8) is 0 Å². The van der Waals surface area contributed by atoms with Gasteiger partial charge >= 0.3 is 0 Å². The van der Waals surface area contributed by atoms with Gasteiger partial charge in [0, 0.05) is 11.6 Å². The van der Waals surface area contributed by atoms with Crippen molar-refractivity contribution in [1.29, 1.82) is 0 Å². The molecule has 0 aliphatic heterocycles. The Morgan fingerprint density at radius 2 is 2.31 bits per heavy atom. The van der Waals surface area contributed by atoms with E-state index in [1.807, 2.05) is 0 Å². The molecular formula is C9H9NO3.